The number of aromatic nitrogens is 4. The van der Waals surface area contributed by atoms with Crippen LogP contribution in [0.1, 0.15) is 35.1 Å². The van der Waals surface area contributed by atoms with E-state index in [1.165, 1.54) is 0 Å². The third-order valence-corrected chi connectivity index (χ3v) is 3.35. The molecule has 1 amide bonds. The fourth-order valence-corrected chi connectivity index (χ4v) is 2.24. The van der Waals surface area contributed by atoms with Crippen molar-refractivity contribution in [1.82, 2.24) is 30.4 Å². The summed E-state index contributed by atoms with van der Waals surface area (Å²) < 4.78 is 1.84. The molecule has 1 heterocycles. The van der Waals surface area contributed by atoms with Gasteiger partial charge in [0.05, 0.1) is 6.54 Å². The molecule has 118 valence electrons. The van der Waals surface area contributed by atoms with Crippen LogP contribution < -0.4 is 5.32 Å². The second-order valence-electron chi connectivity index (χ2n) is 5.27. The molecule has 0 saturated heterocycles. The van der Waals surface area contributed by atoms with Gasteiger partial charge in [-0.15, -0.1) is 5.10 Å². The number of amides is 1. The van der Waals surface area contributed by atoms with Crippen molar-refractivity contribution in [2.45, 2.75) is 33.0 Å². The largest absolute Gasteiger partial charge is 0.355 e. The monoisotopic (exact) mass is 302 g/mol. The van der Waals surface area contributed by atoms with Crippen LogP contribution in [0.25, 0.3) is 0 Å². The van der Waals surface area contributed by atoms with E-state index in [-0.39, 0.29) is 5.91 Å². The molecule has 0 aliphatic carbocycles. The zero-order valence-corrected chi connectivity index (χ0v) is 13.3. The van der Waals surface area contributed by atoms with Gasteiger partial charge in [0.1, 0.15) is 0 Å². The second kappa shape index (κ2) is 7.65. The predicted octanol–water partition coefficient (Wildman–Crippen LogP) is 1.07. The number of tetrazole rings is 1. The molecule has 1 N–H and O–H groups in total. The van der Waals surface area contributed by atoms with Gasteiger partial charge in [-0.1, -0.05) is 19.1 Å². The maximum absolute atomic E-state index is 11.5. The Labute approximate surface area is 130 Å². The average molecular weight is 302 g/mol. The smallest absolute Gasteiger partial charge is 0.251 e. The second-order valence-corrected chi connectivity index (χ2v) is 5.27. The highest BCUT2D eigenvalue weighted by Crippen LogP contribution is 2.09. The van der Waals surface area contributed by atoms with Crippen LogP contribution in [0, 0.1) is 0 Å². The number of hydrogen-bond donors (Lipinski definition) is 1. The average Bonchev–Trinajstić information content (AvgIpc) is 2.94. The normalized spacial score (nSPS) is 10.9. The summed E-state index contributed by atoms with van der Waals surface area (Å²) in [6.07, 6.45) is 1.00. The van der Waals surface area contributed by atoms with Crippen molar-refractivity contribution in [3.8, 4) is 0 Å². The van der Waals surface area contributed by atoms with Crippen LogP contribution in [-0.4, -0.2) is 45.1 Å². The summed E-state index contributed by atoms with van der Waals surface area (Å²) in [5.41, 5.74) is 1.81. The molecule has 0 spiro atoms. The van der Waals surface area contributed by atoms with Crippen molar-refractivity contribution in [1.29, 1.82) is 0 Å². The third-order valence-electron chi connectivity index (χ3n) is 3.35. The quantitative estimate of drug-likeness (QED) is 0.828. The van der Waals surface area contributed by atoms with Crippen LogP contribution in [0.5, 0.6) is 0 Å². The first-order chi connectivity index (χ1) is 10.6. The molecule has 0 radical (unpaired) electrons. The fourth-order valence-electron chi connectivity index (χ4n) is 2.24. The molecular formula is C15H22N6O. The van der Waals surface area contributed by atoms with Gasteiger partial charge in [0.15, 0.2) is 5.82 Å². The molecule has 7 heteroatoms. The Morgan fingerprint density at radius 2 is 2.00 bits per heavy atom. The minimum absolute atomic E-state index is 0.0707. The molecule has 0 bridgehead atoms. The van der Waals surface area contributed by atoms with E-state index in [2.05, 4.69) is 32.7 Å². The van der Waals surface area contributed by atoms with E-state index in [4.69, 9.17) is 0 Å². The fraction of sp³-hybridized carbons (Fsp3) is 0.467. The van der Waals surface area contributed by atoms with Gasteiger partial charge in [0.2, 0.25) is 0 Å². The first-order valence-electron chi connectivity index (χ1n) is 7.38. The van der Waals surface area contributed by atoms with Crippen molar-refractivity contribution in [2.75, 3.05) is 14.1 Å². The molecule has 2 rings (SSSR count). The van der Waals surface area contributed by atoms with Gasteiger partial charge in [-0.25, -0.2) is 4.68 Å². The number of nitrogens with zero attached hydrogens (tertiary/aromatic N) is 5. The molecule has 0 atom stereocenters. The topological polar surface area (TPSA) is 75.9 Å². The van der Waals surface area contributed by atoms with Crippen molar-refractivity contribution < 1.29 is 4.79 Å². The SMILES string of the molecule is CCCn1nnnc1CN(C)Cc1ccc(C(=O)NC)cc1. The van der Waals surface area contributed by atoms with E-state index < -0.39 is 0 Å². The van der Waals surface area contributed by atoms with E-state index in [9.17, 15) is 4.79 Å². The molecule has 0 unspecified atom stereocenters. The summed E-state index contributed by atoms with van der Waals surface area (Å²) in [6.45, 7) is 4.39. The van der Waals surface area contributed by atoms with Crippen LogP contribution in [0.4, 0.5) is 0 Å². The molecule has 1 aromatic heterocycles. The number of hydrogen-bond acceptors (Lipinski definition) is 5. The van der Waals surface area contributed by atoms with Crippen LogP contribution >= 0.6 is 0 Å². The summed E-state index contributed by atoms with van der Waals surface area (Å²) in [4.78, 5) is 13.7. The molecule has 0 aliphatic rings. The number of rotatable bonds is 7. The van der Waals surface area contributed by atoms with Crippen molar-refractivity contribution in [2.24, 2.45) is 0 Å². The van der Waals surface area contributed by atoms with E-state index in [1.54, 1.807) is 7.05 Å². The summed E-state index contributed by atoms with van der Waals surface area (Å²) >= 11 is 0. The molecule has 1 aromatic carbocycles. The number of benzene rings is 1. The first-order valence-corrected chi connectivity index (χ1v) is 7.38. The molecule has 22 heavy (non-hydrogen) atoms. The highest BCUT2D eigenvalue weighted by molar-refractivity contribution is 5.93. The number of nitrogens with one attached hydrogen (secondary N) is 1. The standard InChI is InChI=1S/C15H22N6O/c1-4-9-21-14(17-18-19-21)11-20(3)10-12-5-7-13(8-6-12)15(22)16-2/h5-8H,4,9-11H2,1-3H3,(H,16,22). The van der Waals surface area contributed by atoms with Gasteiger partial charge in [-0.2, -0.15) is 0 Å². The van der Waals surface area contributed by atoms with Crippen molar-refractivity contribution >= 4 is 5.91 Å². The lowest BCUT2D eigenvalue weighted by Gasteiger charge is -2.16. The molecular weight excluding hydrogens is 280 g/mol. The minimum atomic E-state index is -0.0707. The van der Waals surface area contributed by atoms with E-state index in [1.807, 2.05) is 36.0 Å². The van der Waals surface area contributed by atoms with Crippen molar-refractivity contribution in [3.05, 3.63) is 41.2 Å². The maximum atomic E-state index is 11.5. The molecule has 2 aromatic rings. The zero-order chi connectivity index (χ0) is 15.9. The summed E-state index contributed by atoms with van der Waals surface area (Å²) in [5, 5.41) is 14.4. The van der Waals surface area contributed by atoms with Crippen molar-refractivity contribution in [3.63, 3.8) is 0 Å². The van der Waals surface area contributed by atoms with Crippen LogP contribution in [0.2, 0.25) is 0 Å². The predicted molar refractivity (Wildman–Crippen MR) is 83.1 cm³/mol. The van der Waals surface area contributed by atoms with Gasteiger partial charge in [-0.3, -0.25) is 9.69 Å². The Hall–Kier alpha value is -2.28. The lowest BCUT2D eigenvalue weighted by molar-refractivity contribution is 0.0963. The Kier molecular flexibility index (Phi) is 5.60. The van der Waals surface area contributed by atoms with E-state index >= 15 is 0 Å². The number of carbonyl (C=O) groups excluding carboxylic acids is 1. The summed E-state index contributed by atoms with van der Waals surface area (Å²) in [7, 11) is 3.65. The van der Waals surface area contributed by atoms with Gasteiger partial charge >= 0.3 is 0 Å². The van der Waals surface area contributed by atoms with Gasteiger partial charge in [-0.05, 0) is 41.6 Å². The highest BCUT2D eigenvalue weighted by Gasteiger charge is 2.09. The van der Waals surface area contributed by atoms with Crippen LogP contribution in [0.3, 0.4) is 0 Å². The zero-order valence-electron chi connectivity index (χ0n) is 13.3. The lowest BCUT2D eigenvalue weighted by atomic mass is 10.1. The van der Waals surface area contributed by atoms with E-state index in [0.717, 1.165) is 30.9 Å². The molecule has 0 saturated carbocycles. The Morgan fingerprint density at radius 3 is 2.64 bits per heavy atom. The van der Waals surface area contributed by atoms with Crippen LogP contribution in [0.15, 0.2) is 24.3 Å². The molecule has 0 aliphatic heterocycles. The van der Waals surface area contributed by atoms with Gasteiger partial charge in [0.25, 0.3) is 5.91 Å². The highest BCUT2D eigenvalue weighted by atomic mass is 16.1. The molecule has 7 nitrogen and oxygen atoms in total. The maximum Gasteiger partial charge on any atom is 0.251 e. The Bertz CT molecular complexity index is 607. The third kappa shape index (κ3) is 4.11. The van der Waals surface area contributed by atoms with Crippen LogP contribution in [-0.2, 0) is 19.6 Å². The summed E-state index contributed by atoms with van der Waals surface area (Å²) in [6, 6.07) is 7.61. The van der Waals surface area contributed by atoms with Gasteiger partial charge in [0, 0.05) is 25.7 Å². The summed E-state index contributed by atoms with van der Waals surface area (Å²) in [5.74, 6) is 0.796. The Balaban J connectivity index is 1.95. The van der Waals surface area contributed by atoms with Gasteiger partial charge < -0.3 is 5.32 Å². The lowest BCUT2D eigenvalue weighted by Crippen LogP contribution is -2.21. The minimum Gasteiger partial charge on any atom is -0.355 e. The first kappa shape index (κ1) is 16.1. The number of carbonyl (C=O) groups is 1. The Morgan fingerprint density at radius 1 is 1.27 bits per heavy atom. The molecule has 0 fully saturated rings. The van der Waals surface area contributed by atoms with E-state index in [0.29, 0.717) is 12.1 Å². The number of aryl methyl sites for hydroxylation is 1.